The number of aldehydes is 1. The van der Waals surface area contributed by atoms with Gasteiger partial charge in [0.1, 0.15) is 6.29 Å². The Labute approximate surface area is 95.1 Å². The predicted molar refractivity (Wildman–Crippen MR) is 66.2 cm³/mol. The molecule has 0 spiro atoms. The Balaban J connectivity index is 2.39. The molecule has 0 saturated heterocycles. The van der Waals surface area contributed by atoms with Gasteiger partial charge in [-0.05, 0) is 22.8 Å². The number of hydrogen-bond donors (Lipinski definition) is 1. The number of hydrogen-bond acceptors (Lipinski definition) is 2. The molecule has 0 heterocycles. The maximum absolute atomic E-state index is 10.3. The van der Waals surface area contributed by atoms with Crippen LogP contribution in [0.4, 0.5) is 0 Å². The SMILES string of the molecule is NC(CCC=O)c1cccc2ccccc12. The molecule has 1 atom stereocenters. The van der Waals surface area contributed by atoms with Crippen LogP contribution < -0.4 is 5.73 Å². The van der Waals surface area contributed by atoms with E-state index in [9.17, 15) is 4.79 Å². The lowest BCUT2D eigenvalue weighted by Gasteiger charge is -2.13. The van der Waals surface area contributed by atoms with Crippen molar-refractivity contribution in [1.82, 2.24) is 0 Å². The zero-order valence-electron chi connectivity index (χ0n) is 9.10. The summed E-state index contributed by atoms with van der Waals surface area (Å²) in [6, 6.07) is 14.2. The van der Waals surface area contributed by atoms with Gasteiger partial charge in [-0.2, -0.15) is 0 Å². The number of carbonyl (C=O) groups is 1. The summed E-state index contributed by atoms with van der Waals surface area (Å²) in [7, 11) is 0. The average Bonchev–Trinajstić information content (AvgIpc) is 2.35. The average molecular weight is 213 g/mol. The Hall–Kier alpha value is -1.67. The maximum atomic E-state index is 10.3. The van der Waals surface area contributed by atoms with Crippen LogP contribution in [0.1, 0.15) is 24.4 Å². The summed E-state index contributed by atoms with van der Waals surface area (Å²) in [5, 5.41) is 2.38. The minimum atomic E-state index is -0.0590. The first-order chi connectivity index (χ1) is 7.83. The van der Waals surface area contributed by atoms with Crippen LogP contribution in [0.3, 0.4) is 0 Å². The van der Waals surface area contributed by atoms with Crippen LogP contribution in [0.25, 0.3) is 10.8 Å². The minimum Gasteiger partial charge on any atom is -0.324 e. The van der Waals surface area contributed by atoms with Crippen LogP contribution in [0.15, 0.2) is 42.5 Å². The summed E-state index contributed by atoms with van der Waals surface area (Å²) < 4.78 is 0. The second-order valence-corrected chi connectivity index (χ2v) is 3.92. The Morgan fingerprint density at radius 2 is 1.88 bits per heavy atom. The van der Waals surface area contributed by atoms with Crippen molar-refractivity contribution in [2.24, 2.45) is 5.73 Å². The van der Waals surface area contributed by atoms with Crippen molar-refractivity contribution in [2.45, 2.75) is 18.9 Å². The van der Waals surface area contributed by atoms with Gasteiger partial charge < -0.3 is 10.5 Å². The predicted octanol–water partition coefficient (Wildman–Crippen LogP) is 2.82. The summed E-state index contributed by atoms with van der Waals surface area (Å²) in [6.07, 6.45) is 2.15. The Morgan fingerprint density at radius 3 is 2.69 bits per heavy atom. The third-order valence-electron chi connectivity index (χ3n) is 2.82. The first kappa shape index (κ1) is 10.8. The van der Waals surface area contributed by atoms with E-state index in [0.29, 0.717) is 12.8 Å². The fraction of sp³-hybridized carbons (Fsp3) is 0.214. The first-order valence-electron chi connectivity index (χ1n) is 5.50. The summed E-state index contributed by atoms with van der Waals surface area (Å²) in [5.74, 6) is 0. The molecule has 16 heavy (non-hydrogen) atoms. The van der Waals surface area contributed by atoms with E-state index in [4.69, 9.17) is 5.73 Å². The quantitative estimate of drug-likeness (QED) is 0.793. The maximum Gasteiger partial charge on any atom is 0.120 e. The van der Waals surface area contributed by atoms with Gasteiger partial charge in [-0.3, -0.25) is 0 Å². The topological polar surface area (TPSA) is 43.1 Å². The van der Waals surface area contributed by atoms with Crippen molar-refractivity contribution in [3.05, 3.63) is 48.0 Å². The van der Waals surface area contributed by atoms with E-state index in [2.05, 4.69) is 18.2 Å². The molecule has 0 saturated carbocycles. The molecule has 0 aliphatic carbocycles. The van der Waals surface area contributed by atoms with E-state index in [1.54, 1.807) is 0 Å². The molecule has 0 aliphatic rings. The van der Waals surface area contributed by atoms with Crippen molar-refractivity contribution in [2.75, 3.05) is 0 Å². The molecule has 0 fully saturated rings. The fourth-order valence-electron chi connectivity index (χ4n) is 1.98. The van der Waals surface area contributed by atoms with E-state index in [-0.39, 0.29) is 6.04 Å². The molecule has 0 aromatic heterocycles. The molecular weight excluding hydrogens is 198 g/mol. The van der Waals surface area contributed by atoms with Gasteiger partial charge in [0.15, 0.2) is 0 Å². The number of fused-ring (bicyclic) bond motifs is 1. The molecular formula is C14H15NO. The molecule has 2 heteroatoms. The second-order valence-electron chi connectivity index (χ2n) is 3.92. The highest BCUT2D eigenvalue weighted by Gasteiger charge is 2.08. The highest BCUT2D eigenvalue weighted by molar-refractivity contribution is 5.86. The fourth-order valence-corrected chi connectivity index (χ4v) is 1.98. The van der Waals surface area contributed by atoms with Gasteiger partial charge in [0.05, 0.1) is 0 Å². The molecule has 0 bridgehead atoms. The molecule has 1 unspecified atom stereocenters. The summed E-state index contributed by atoms with van der Waals surface area (Å²) in [5.41, 5.74) is 7.21. The molecule has 0 amide bonds. The van der Waals surface area contributed by atoms with Crippen LogP contribution in [0, 0.1) is 0 Å². The Bertz CT molecular complexity index is 488. The molecule has 2 aromatic carbocycles. The molecule has 0 radical (unpaired) electrons. The second kappa shape index (κ2) is 4.90. The summed E-state index contributed by atoms with van der Waals surface area (Å²) >= 11 is 0. The van der Waals surface area contributed by atoms with Gasteiger partial charge >= 0.3 is 0 Å². The van der Waals surface area contributed by atoms with Crippen LogP contribution in [0.5, 0.6) is 0 Å². The highest BCUT2D eigenvalue weighted by atomic mass is 16.1. The van der Waals surface area contributed by atoms with Gasteiger partial charge in [0.25, 0.3) is 0 Å². The third-order valence-corrected chi connectivity index (χ3v) is 2.82. The lowest BCUT2D eigenvalue weighted by Crippen LogP contribution is -2.10. The van der Waals surface area contributed by atoms with Crippen molar-refractivity contribution in [1.29, 1.82) is 0 Å². The van der Waals surface area contributed by atoms with E-state index in [1.165, 1.54) is 10.8 Å². The largest absolute Gasteiger partial charge is 0.324 e. The third kappa shape index (κ3) is 2.12. The normalized spacial score (nSPS) is 12.6. The first-order valence-corrected chi connectivity index (χ1v) is 5.50. The number of rotatable bonds is 4. The monoisotopic (exact) mass is 213 g/mol. The van der Waals surface area contributed by atoms with Crippen LogP contribution in [-0.2, 0) is 4.79 Å². The molecule has 2 aromatic rings. The number of carbonyl (C=O) groups excluding carboxylic acids is 1. The van der Waals surface area contributed by atoms with Gasteiger partial charge in [0.2, 0.25) is 0 Å². The van der Waals surface area contributed by atoms with Gasteiger partial charge in [-0.1, -0.05) is 42.5 Å². The van der Waals surface area contributed by atoms with Crippen molar-refractivity contribution in [3.63, 3.8) is 0 Å². The van der Waals surface area contributed by atoms with E-state index >= 15 is 0 Å². The van der Waals surface area contributed by atoms with Crippen LogP contribution >= 0.6 is 0 Å². The number of benzene rings is 2. The van der Waals surface area contributed by atoms with Gasteiger partial charge in [-0.25, -0.2) is 0 Å². The van der Waals surface area contributed by atoms with E-state index in [1.807, 2.05) is 24.3 Å². The van der Waals surface area contributed by atoms with Gasteiger partial charge in [-0.15, -0.1) is 0 Å². The number of nitrogens with two attached hydrogens (primary N) is 1. The van der Waals surface area contributed by atoms with Crippen molar-refractivity contribution < 1.29 is 4.79 Å². The highest BCUT2D eigenvalue weighted by Crippen LogP contribution is 2.25. The van der Waals surface area contributed by atoms with Crippen molar-refractivity contribution in [3.8, 4) is 0 Å². The smallest absolute Gasteiger partial charge is 0.120 e. The van der Waals surface area contributed by atoms with Crippen LogP contribution in [0.2, 0.25) is 0 Å². The lowest BCUT2D eigenvalue weighted by atomic mass is 9.97. The standard InChI is InChI=1S/C14H15NO/c15-14(9-4-10-16)13-8-3-6-11-5-1-2-7-12(11)13/h1-3,5-8,10,14H,4,9,15H2. The zero-order chi connectivity index (χ0) is 11.4. The Kier molecular flexibility index (Phi) is 3.32. The van der Waals surface area contributed by atoms with E-state index in [0.717, 1.165) is 11.8 Å². The van der Waals surface area contributed by atoms with E-state index < -0.39 is 0 Å². The minimum absolute atomic E-state index is 0.0590. The lowest BCUT2D eigenvalue weighted by molar-refractivity contribution is -0.108. The molecule has 82 valence electrons. The zero-order valence-corrected chi connectivity index (χ0v) is 9.10. The summed E-state index contributed by atoms with van der Waals surface area (Å²) in [4.78, 5) is 10.3. The van der Waals surface area contributed by atoms with Crippen molar-refractivity contribution >= 4 is 17.1 Å². The summed E-state index contributed by atoms with van der Waals surface area (Å²) in [6.45, 7) is 0. The molecule has 0 aliphatic heterocycles. The van der Waals surface area contributed by atoms with Crippen LogP contribution in [-0.4, -0.2) is 6.29 Å². The molecule has 2 N–H and O–H groups in total. The molecule has 2 rings (SSSR count). The van der Waals surface area contributed by atoms with Gasteiger partial charge in [0, 0.05) is 12.5 Å². The Morgan fingerprint density at radius 1 is 1.12 bits per heavy atom. The molecule has 2 nitrogen and oxygen atoms in total.